The lowest BCUT2D eigenvalue weighted by Gasteiger charge is -2.30. The smallest absolute Gasteiger partial charge is 0.409 e. The second kappa shape index (κ2) is 10.00. The largest absolute Gasteiger partial charge is 0.453 e. The Hall–Kier alpha value is -2.15. The molecule has 2 aliphatic rings. The zero-order valence-electron chi connectivity index (χ0n) is 18.4. The highest BCUT2D eigenvalue weighted by atomic mass is 32.2. The quantitative estimate of drug-likeness (QED) is 0.616. The van der Waals surface area contributed by atoms with E-state index in [1.165, 1.54) is 34.5 Å². The highest BCUT2D eigenvalue weighted by Gasteiger charge is 2.34. The van der Waals surface area contributed by atoms with E-state index >= 15 is 0 Å². The first-order chi connectivity index (χ1) is 15.8. The summed E-state index contributed by atoms with van der Waals surface area (Å²) in [6, 6.07) is 6.98. The third-order valence-electron chi connectivity index (χ3n) is 5.91. The first kappa shape index (κ1) is 24.0. The van der Waals surface area contributed by atoms with E-state index in [1.807, 2.05) is 12.3 Å². The molecule has 2 amide bonds. The van der Waals surface area contributed by atoms with Gasteiger partial charge in [-0.15, -0.1) is 11.8 Å². The van der Waals surface area contributed by atoms with Crippen molar-refractivity contribution in [2.45, 2.75) is 35.6 Å². The first-order valence-electron chi connectivity index (χ1n) is 10.6. The number of carbonyl (C=O) groups is 2. The van der Waals surface area contributed by atoms with Crippen molar-refractivity contribution in [2.24, 2.45) is 5.92 Å². The van der Waals surface area contributed by atoms with Crippen LogP contribution in [0.5, 0.6) is 0 Å². The van der Waals surface area contributed by atoms with Gasteiger partial charge >= 0.3 is 6.09 Å². The predicted octanol–water partition coefficient (Wildman–Crippen LogP) is 3.03. The third kappa shape index (κ3) is 5.03. The van der Waals surface area contributed by atoms with Gasteiger partial charge in [0.2, 0.25) is 15.9 Å². The lowest BCUT2D eigenvalue weighted by atomic mass is 9.97. The van der Waals surface area contributed by atoms with Crippen LogP contribution in [0.3, 0.4) is 0 Å². The number of aromatic nitrogens is 1. The maximum absolute atomic E-state index is 13.1. The summed E-state index contributed by atoms with van der Waals surface area (Å²) in [6.07, 6.45) is 3.00. The lowest BCUT2D eigenvalue weighted by molar-refractivity contribution is -0.120. The first-order valence-corrected chi connectivity index (χ1v) is 14.1. The molecule has 0 radical (unpaired) electrons. The summed E-state index contributed by atoms with van der Waals surface area (Å²) in [6.45, 7) is 1.55. The van der Waals surface area contributed by atoms with E-state index in [0.717, 1.165) is 15.5 Å². The summed E-state index contributed by atoms with van der Waals surface area (Å²) in [5.41, 5.74) is 0.892. The topological polar surface area (TPSA) is 109 Å². The number of hydrogen-bond acceptors (Lipinski definition) is 8. The van der Waals surface area contributed by atoms with Crippen LogP contribution in [0.2, 0.25) is 0 Å². The molecule has 4 rings (SSSR count). The van der Waals surface area contributed by atoms with Crippen molar-refractivity contribution >= 4 is 50.3 Å². The summed E-state index contributed by atoms with van der Waals surface area (Å²) in [5.74, 6) is -0.424. The van der Waals surface area contributed by atoms with E-state index in [-0.39, 0.29) is 17.9 Å². The Kier molecular flexibility index (Phi) is 7.27. The zero-order valence-corrected chi connectivity index (χ0v) is 20.9. The number of anilines is 1. The van der Waals surface area contributed by atoms with E-state index in [0.29, 0.717) is 55.5 Å². The van der Waals surface area contributed by atoms with E-state index in [4.69, 9.17) is 4.74 Å². The second-order valence-electron chi connectivity index (χ2n) is 7.85. The molecule has 3 heterocycles. The van der Waals surface area contributed by atoms with Gasteiger partial charge in [-0.25, -0.2) is 18.2 Å². The normalized spacial score (nSPS) is 17.5. The Bertz CT molecular complexity index is 1140. The van der Waals surface area contributed by atoms with Crippen molar-refractivity contribution in [3.63, 3.8) is 0 Å². The minimum atomic E-state index is -3.60. The SMILES string of the molecule is COC(=O)N1CCc2nc(NC(=O)C3CCN(S(=O)(=O)c4ccccc4SC)CC3)sc2C1. The van der Waals surface area contributed by atoms with Gasteiger partial charge in [-0.2, -0.15) is 4.31 Å². The lowest BCUT2D eigenvalue weighted by Crippen LogP contribution is -2.41. The fraction of sp³-hybridized carbons (Fsp3) is 0.476. The number of benzene rings is 1. The van der Waals surface area contributed by atoms with Gasteiger partial charge in [-0.3, -0.25) is 4.79 Å². The molecule has 0 aliphatic carbocycles. The molecule has 0 unspecified atom stereocenters. The number of methoxy groups -OCH3 is 1. The monoisotopic (exact) mass is 510 g/mol. The van der Waals surface area contributed by atoms with Crippen molar-refractivity contribution in [1.82, 2.24) is 14.2 Å². The van der Waals surface area contributed by atoms with Gasteiger partial charge in [0.05, 0.1) is 24.2 Å². The maximum atomic E-state index is 13.1. The number of ether oxygens (including phenoxy) is 1. The molecule has 2 aromatic rings. The molecule has 12 heteroatoms. The number of thioether (sulfide) groups is 1. The number of carbonyl (C=O) groups excluding carboxylic acids is 2. The molecule has 1 saturated heterocycles. The number of nitrogens with zero attached hydrogens (tertiary/aromatic N) is 3. The van der Waals surface area contributed by atoms with E-state index in [9.17, 15) is 18.0 Å². The highest BCUT2D eigenvalue weighted by molar-refractivity contribution is 7.99. The van der Waals surface area contributed by atoms with Crippen LogP contribution in [0.25, 0.3) is 0 Å². The molecular formula is C21H26N4O5S3. The number of nitrogens with one attached hydrogen (secondary N) is 1. The summed E-state index contributed by atoms with van der Waals surface area (Å²) in [4.78, 5) is 32.7. The van der Waals surface area contributed by atoms with Crippen LogP contribution < -0.4 is 5.32 Å². The van der Waals surface area contributed by atoms with Gasteiger partial charge in [0.25, 0.3) is 0 Å². The summed E-state index contributed by atoms with van der Waals surface area (Å²) < 4.78 is 32.5. The molecule has 9 nitrogen and oxygen atoms in total. The van der Waals surface area contributed by atoms with Crippen molar-refractivity contribution in [3.05, 3.63) is 34.8 Å². The predicted molar refractivity (Wildman–Crippen MR) is 127 cm³/mol. The van der Waals surface area contributed by atoms with Crippen molar-refractivity contribution in [3.8, 4) is 0 Å². The zero-order chi connectivity index (χ0) is 23.6. The average Bonchev–Trinajstić information content (AvgIpc) is 3.24. The van der Waals surface area contributed by atoms with Crippen molar-refractivity contribution < 1.29 is 22.7 Å². The number of sulfonamides is 1. The van der Waals surface area contributed by atoms with Crippen molar-refractivity contribution in [1.29, 1.82) is 0 Å². The standard InChI is InChI=1S/C21H26N4O5S3/c1-30-21(27)24-10-9-15-17(13-24)32-20(22-15)23-19(26)14-7-11-25(12-8-14)33(28,29)18-6-4-3-5-16(18)31-2/h3-6,14H,7-13H2,1-2H3,(H,22,23,26). The average molecular weight is 511 g/mol. The number of hydrogen-bond donors (Lipinski definition) is 1. The van der Waals surface area contributed by atoms with Crippen molar-refractivity contribution in [2.75, 3.05) is 38.3 Å². The molecule has 1 aromatic heterocycles. The van der Waals surface area contributed by atoms with Gasteiger partial charge in [0.15, 0.2) is 5.13 Å². The molecule has 0 spiro atoms. The number of rotatable bonds is 5. The molecule has 178 valence electrons. The Morgan fingerprint density at radius 3 is 2.64 bits per heavy atom. The minimum absolute atomic E-state index is 0.146. The summed E-state index contributed by atoms with van der Waals surface area (Å²) >= 11 is 2.77. The highest BCUT2D eigenvalue weighted by Crippen LogP contribution is 2.32. The number of fused-ring (bicyclic) bond motifs is 1. The molecule has 0 saturated carbocycles. The Morgan fingerprint density at radius 1 is 1.21 bits per heavy atom. The number of piperidine rings is 1. The van der Waals surface area contributed by atoms with Gasteiger partial charge in [0, 0.05) is 41.7 Å². The summed E-state index contributed by atoms with van der Waals surface area (Å²) in [5, 5.41) is 3.41. The van der Waals surface area contributed by atoms with Gasteiger partial charge in [0.1, 0.15) is 0 Å². The van der Waals surface area contributed by atoms with E-state index < -0.39 is 10.0 Å². The van der Waals surface area contributed by atoms with Crippen LogP contribution in [0.15, 0.2) is 34.1 Å². The number of amides is 2. The van der Waals surface area contributed by atoms with Crippen LogP contribution in [0, 0.1) is 5.92 Å². The number of thiazole rings is 1. The molecule has 2 aliphatic heterocycles. The molecule has 1 N–H and O–H groups in total. The van der Waals surface area contributed by atoms with Gasteiger partial charge < -0.3 is 15.0 Å². The molecule has 1 fully saturated rings. The minimum Gasteiger partial charge on any atom is -0.453 e. The fourth-order valence-corrected chi connectivity index (χ4v) is 7.69. The molecular weight excluding hydrogens is 484 g/mol. The molecule has 1 aromatic carbocycles. The van der Waals surface area contributed by atoms with Crippen LogP contribution in [0.1, 0.15) is 23.4 Å². The fourth-order valence-electron chi connectivity index (χ4n) is 4.07. The van der Waals surface area contributed by atoms with Crippen LogP contribution >= 0.6 is 23.1 Å². The second-order valence-corrected chi connectivity index (χ2v) is 11.7. The Balaban J connectivity index is 1.36. The Labute approximate surface area is 201 Å². The maximum Gasteiger partial charge on any atom is 0.409 e. The molecule has 33 heavy (non-hydrogen) atoms. The van der Waals surface area contributed by atoms with Gasteiger partial charge in [-0.05, 0) is 31.2 Å². The van der Waals surface area contributed by atoms with E-state index in [2.05, 4.69) is 10.3 Å². The summed E-state index contributed by atoms with van der Waals surface area (Å²) in [7, 11) is -2.25. The van der Waals surface area contributed by atoms with Crippen LogP contribution in [-0.2, 0) is 32.5 Å². The Morgan fingerprint density at radius 2 is 1.94 bits per heavy atom. The molecule has 0 bridgehead atoms. The third-order valence-corrected chi connectivity index (χ3v) is 9.79. The molecule has 0 atom stereocenters. The van der Waals surface area contributed by atoms with Gasteiger partial charge in [-0.1, -0.05) is 23.5 Å². The van der Waals surface area contributed by atoms with E-state index in [1.54, 1.807) is 23.1 Å². The van der Waals surface area contributed by atoms with Crippen LogP contribution in [-0.4, -0.2) is 67.6 Å². The van der Waals surface area contributed by atoms with Crippen LogP contribution in [0.4, 0.5) is 9.93 Å².